The molecule has 3 heterocycles. The number of pyridine rings is 1. The second kappa shape index (κ2) is 7.45. The predicted molar refractivity (Wildman–Crippen MR) is 110 cm³/mol. The largest absolute Gasteiger partial charge is 0.395 e. The highest BCUT2D eigenvalue weighted by Gasteiger charge is 2.26. The number of benzene rings is 1. The van der Waals surface area contributed by atoms with Gasteiger partial charge in [0.05, 0.1) is 6.61 Å². The number of aromatic nitrogens is 2. The summed E-state index contributed by atoms with van der Waals surface area (Å²) < 4.78 is 2.52. The summed E-state index contributed by atoms with van der Waals surface area (Å²) >= 11 is 0. The number of rotatable bonds is 5. The first kappa shape index (κ1) is 18.2. The summed E-state index contributed by atoms with van der Waals surface area (Å²) in [6, 6.07) is 11.3. The van der Waals surface area contributed by atoms with E-state index in [1.165, 1.54) is 33.3 Å². The Morgan fingerprint density at radius 3 is 2.78 bits per heavy atom. The summed E-state index contributed by atoms with van der Waals surface area (Å²) in [6.45, 7) is 9.44. The van der Waals surface area contributed by atoms with E-state index in [0.29, 0.717) is 0 Å². The van der Waals surface area contributed by atoms with Gasteiger partial charge in [-0.3, -0.25) is 9.88 Å². The maximum Gasteiger partial charge on any atom is 0.0584 e. The maximum atomic E-state index is 9.57. The van der Waals surface area contributed by atoms with Gasteiger partial charge >= 0.3 is 0 Å². The Labute approximate surface area is 161 Å². The molecule has 0 bridgehead atoms. The summed E-state index contributed by atoms with van der Waals surface area (Å²) in [7, 11) is 0. The number of aliphatic hydroxyl groups is 1. The molecule has 0 aliphatic carbocycles. The number of hydrogen-bond donors (Lipinski definition) is 1. The Kier molecular flexibility index (Phi) is 5.02. The maximum absolute atomic E-state index is 9.57. The predicted octanol–water partition coefficient (Wildman–Crippen LogP) is 3.63. The Bertz CT molecular complexity index is 942. The molecule has 0 saturated carbocycles. The molecule has 1 atom stereocenters. The standard InChI is InChI=1S/C23H29N3O/c1-16-4-7-22-20(12-16)21-14-25(18(3)15-27)10-9-23(21)26(22)11-8-19-6-5-17(2)24-13-19/h4-7,12-13,18,27H,8-11,14-15H2,1-3H3/t18-/m1/s1. The molecule has 4 rings (SSSR count). The van der Waals surface area contributed by atoms with E-state index in [1.54, 1.807) is 0 Å². The summed E-state index contributed by atoms with van der Waals surface area (Å²) in [5, 5.41) is 11.0. The van der Waals surface area contributed by atoms with Gasteiger partial charge in [-0.2, -0.15) is 0 Å². The van der Waals surface area contributed by atoms with Crippen molar-refractivity contribution >= 4 is 10.9 Å². The minimum absolute atomic E-state index is 0.208. The third kappa shape index (κ3) is 3.52. The van der Waals surface area contributed by atoms with Crippen LogP contribution in [0.15, 0.2) is 36.5 Å². The minimum Gasteiger partial charge on any atom is -0.395 e. The third-order valence-corrected chi connectivity index (χ3v) is 5.92. The lowest BCUT2D eigenvalue weighted by Gasteiger charge is -2.32. The fourth-order valence-electron chi connectivity index (χ4n) is 4.22. The van der Waals surface area contributed by atoms with Crippen LogP contribution in [0.4, 0.5) is 0 Å². The van der Waals surface area contributed by atoms with Crippen molar-refractivity contribution in [2.75, 3.05) is 13.2 Å². The van der Waals surface area contributed by atoms with Crippen molar-refractivity contribution in [3.05, 3.63) is 64.6 Å². The molecule has 1 aliphatic heterocycles. The molecule has 4 nitrogen and oxygen atoms in total. The van der Waals surface area contributed by atoms with Gasteiger partial charge in [0.2, 0.25) is 0 Å². The van der Waals surface area contributed by atoms with Gasteiger partial charge in [0, 0.05) is 60.6 Å². The van der Waals surface area contributed by atoms with Gasteiger partial charge in [0.1, 0.15) is 0 Å². The van der Waals surface area contributed by atoms with Gasteiger partial charge in [-0.05, 0) is 56.5 Å². The lowest BCUT2D eigenvalue weighted by molar-refractivity contribution is 0.122. The molecule has 0 spiro atoms. The molecule has 1 N–H and O–H groups in total. The second-order valence-corrected chi connectivity index (χ2v) is 7.91. The average molecular weight is 364 g/mol. The van der Waals surface area contributed by atoms with Crippen LogP contribution in [0.3, 0.4) is 0 Å². The van der Waals surface area contributed by atoms with Crippen LogP contribution in [0.1, 0.15) is 35.0 Å². The van der Waals surface area contributed by atoms with E-state index in [0.717, 1.165) is 38.2 Å². The Morgan fingerprint density at radius 2 is 2.04 bits per heavy atom. The zero-order valence-electron chi connectivity index (χ0n) is 16.6. The molecule has 0 saturated heterocycles. The number of aryl methyl sites for hydroxylation is 4. The molecule has 1 aromatic carbocycles. The summed E-state index contributed by atoms with van der Waals surface area (Å²) in [5.74, 6) is 0. The van der Waals surface area contributed by atoms with Crippen molar-refractivity contribution in [3.63, 3.8) is 0 Å². The highest BCUT2D eigenvalue weighted by atomic mass is 16.3. The van der Waals surface area contributed by atoms with Crippen molar-refractivity contribution < 1.29 is 5.11 Å². The van der Waals surface area contributed by atoms with Crippen LogP contribution < -0.4 is 0 Å². The van der Waals surface area contributed by atoms with Crippen LogP contribution in [-0.2, 0) is 25.9 Å². The highest BCUT2D eigenvalue weighted by molar-refractivity contribution is 5.86. The van der Waals surface area contributed by atoms with Crippen molar-refractivity contribution in [1.82, 2.24) is 14.5 Å². The zero-order valence-corrected chi connectivity index (χ0v) is 16.6. The van der Waals surface area contributed by atoms with Gasteiger partial charge in [0.15, 0.2) is 0 Å². The monoisotopic (exact) mass is 363 g/mol. The SMILES string of the molecule is Cc1ccc2c(c1)c1c(n2CCc2ccc(C)nc2)CCN([C@H](C)CO)C1. The normalized spacial score (nSPS) is 15.9. The Hall–Kier alpha value is -2.17. The molecule has 142 valence electrons. The van der Waals surface area contributed by atoms with Crippen molar-refractivity contribution in [3.8, 4) is 0 Å². The molecule has 0 unspecified atom stereocenters. The minimum atomic E-state index is 0.208. The van der Waals surface area contributed by atoms with Gasteiger partial charge < -0.3 is 9.67 Å². The number of nitrogens with zero attached hydrogens (tertiary/aromatic N) is 3. The summed E-state index contributed by atoms with van der Waals surface area (Å²) in [5.41, 5.74) is 7.91. The number of aliphatic hydroxyl groups excluding tert-OH is 1. The molecular weight excluding hydrogens is 334 g/mol. The number of hydrogen-bond acceptors (Lipinski definition) is 3. The van der Waals surface area contributed by atoms with Crippen molar-refractivity contribution in [1.29, 1.82) is 0 Å². The topological polar surface area (TPSA) is 41.3 Å². The zero-order chi connectivity index (χ0) is 19.0. The smallest absolute Gasteiger partial charge is 0.0584 e. The van der Waals surface area contributed by atoms with Gasteiger partial charge in [-0.25, -0.2) is 0 Å². The fraction of sp³-hybridized carbons (Fsp3) is 0.435. The average Bonchev–Trinajstić information content (AvgIpc) is 2.99. The molecular formula is C23H29N3O. The second-order valence-electron chi connectivity index (χ2n) is 7.91. The highest BCUT2D eigenvalue weighted by Crippen LogP contribution is 2.32. The van der Waals surface area contributed by atoms with Crippen LogP contribution >= 0.6 is 0 Å². The lowest BCUT2D eigenvalue weighted by Crippen LogP contribution is -2.39. The van der Waals surface area contributed by atoms with Crippen molar-refractivity contribution in [2.24, 2.45) is 0 Å². The molecule has 4 heteroatoms. The molecule has 0 amide bonds. The first-order valence-corrected chi connectivity index (χ1v) is 9.94. The van der Waals surface area contributed by atoms with Crippen LogP contribution in [0.25, 0.3) is 10.9 Å². The molecule has 1 aliphatic rings. The molecule has 0 radical (unpaired) electrons. The summed E-state index contributed by atoms with van der Waals surface area (Å²) in [4.78, 5) is 6.84. The Balaban J connectivity index is 1.69. The lowest BCUT2D eigenvalue weighted by atomic mass is 10.0. The van der Waals surface area contributed by atoms with E-state index >= 15 is 0 Å². The van der Waals surface area contributed by atoms with E-state index in [-0.39, 0.29) is 12.6 Å². The first-order chi connectivity index (χ1) is 13.1. The van der Waals surface area contributed by atoms with Gasteiger partial charge in [0.25, 0.3) is 0 Å². The molecule has 27 heavy (non-hydrogen) atoms. The van der Waals surface area contributed by atoms with E-state index in [4.69, 9.17) is 0 Å². The van der Waals surface area contributed by atoms with Crippen LogP contribution in [-0.4, -0.2) is 38.8 Å². The molecule has 3 aromatic rings. The van der Waals surface area contributed by atoms with Crippen LogP contribution in [0.2, 0.25) is 0 Å². The van der Waals surface area contributed by atoms with Crippen LogP contribution in [0, 0.1) is 13.8 Å². The van der Waals surface area contributed by atoms with Gasteiger partial charge in [-0.15, -0.1) is 0 Å². The molecule has 0 fully saturated rings. The first-order valence-electron chi connectivity index (χ1n) is 9.94. The van der Waals surface area contributed by atoms with E-state index < -0.39 is 0 Å². The quantitative estimate of drug-likeness (QED) is 0.752. The van der Waals surface area contributed by atoms with E-state index in [1.807, 2.05) is 13.1 Å². The Morgan fingerprint density at radius 1 is 1.19 bits per heavy atom. The number of fused-ring (bicyclic) bond motifs is 3. The fourth-order valence-corrected chi connectivity index (χ4v) is 4.22. The summed E-state index contributed by atoms with van der Waals surface area (Å²) in [6.07, 6.45) is 4.04. The van der Waals surface area contributed by atoms with Gasteiger partial charge in [-0.1, -0.05) is 17.7 Å². The van der Waals surface area contributed by atoms with Crippen LogP contribution in [0.5, 0.6) is 0 Å². The van der Waals surface area contributed by atoms with Crippen molar-refractivity contribution in [2.45, 2.75) is 52.7 Å². The van der Waals surface area contributed by atoms with E-state index in [2.05, 4.69) is 58.6 Å². The van der Waals surface area contributed by atoms with E-state index in [9.17, 15) is 5.11 Å². The molecule has 2 aromatic heterocycles. The third-order valence-electron chi connectivity index (χ3n) is 5.92.